The minimum absolute atomic E-state index is 0.203. The number of hydrogen-bond acceptors (Lipinski definition) is 4. The number of benzene rings is 1. The lowest BCUT2D eigenvalue weighted by Gasteiger charge is -2.27. The Morgan fingerprint density at radius 2 is 2.04 bits per heavy atom. The Bertz CT molecular complexity index is 654. The van der Waals surface area contributed by atoms with Crippen molar-refractivity contribution < 1.29 is 9.53 Å². The van der Waals surface area contributed by atoms with Gasteiger partial charge in [0.15, 0.2) is 5.11 Å². The van der Waals surface area contributed by atoms with Crippen LogP contribution in [0.1, 0.15) is 35.1 Å². The molecule has 1 aromatic carbocycles. The Balaban J connectivity index is 1.98. The van der Waals surface area contributed by atoms with Crippen LogP contribution >= 0.6 is 23.6 Å². The number of anilines is 1. The number of esters is 1. The summed E-state index contributed by atoms with van der Waals surface area (Å²) in [7, 11) is 1.96. The van der Waals surface area contributed by atoms with Crippen LogP contribution in [0.4, 0.5) is 5.69 Å². The molecule has 0 radical (unpaired) electrons. The van der Waals surface area contributed by atoms with E-state index < -0.39 is 0 Å². The fraction of sp³-hybridized carbons (Fsp3) is 0.294. The summed E-state index contributed by atoms with van der Waals surface area (Å²) in [4.78, 5) is 14.9. The predicted octanol–water partition coefficient (Wildman–Crippen LogP) is 4.31. The van der Waals surface area contributed by atoms with Crippen molar-refractivity contribution >= 4 is 40.3 Å². The molecule has 0 spiro atoms. The summed E-state index contributed by atoms with van der Waals surface area (Å²) in [6.07, 6.45) is 0. The average molecular weight is 348 g/mol. The van der Waals surface area contributed by atoms with Gasteiger partial charge >= 0.3 is 5.97 Å². The Kier molecular flexibility index (Phi) is 6.12. The molecule has 1 heterocycles. The summed E-state index contributed by atoms with van der Waals surface area (Å²) in [6.45, 7) is 4.27. The molecule has 1 aromatic heterocycles. The van der Waals surface area contributed by atoms with E-state index in [0.717, 1.165) is 5.69 Å². The third-order valence-corrected chi connectivity index (χ3v) is 4.94. The van der Waals surface area contributed by atoms with Crippen molar-refractivity contribution in [1.29, 1.82) is 0 Å². The van der Waals surface area contributed by atoms with Gasteiger partial charge in [-0.3, -0.25) is 0 Å². The highest BCUT2D eigenvalue weighted by Crippen LogP contribution is 2.24. The van der Waals surface area contributed by atoms with Gasteiger partial charge in [-0.15, -0.1) is 11.3 Å². The van der Waals surface area contributed by atoms with E-state index in [0.29, 0.717) is 17.3 Å². The summed E-state index contributed by atoms with van der Waals surface area (Å²) in [6, 6.07) is 11.4. The van der Waals surface area contributed by atoms with Crippen LogP contribution in [0, 0.1) is 0 Å². The third kappa shape index (κ3) is 4.53. The molecule has 2 rings (SSSR count). The smallest absolute Gasteiger partial charge is 0.338 e. The van der Waals surface area contributed by atoms with Gasteiger partial charge in [0.05, 0.1) is 18.2 Å². The fourth-order valence-corrected chi connectivity index (χ4v) is 3.11. The van der Waals surface area contributed by atoms with E-state index >= 15 is 0 Å². The SMILES string of the molecule is CCOC(=O)c1ccc(NC(=S)N(C)C(C)c2cccs2)cc1. The second kappa shape index (κ2) is 8.08. The van der Waals surface area contributed by atoms with Gasteiger partial charge in [-0.25, -0.2) is 4.79 Å². The number of hydrogen-bond donors (Lipinski definition) is 1. The minimum atomic E-state index is -0.315. The molecule has 23 heavy (non-hydrogen) atoms. The average Bonchev–Trinajstić information content (AvgIpc) is 3.08. The van der Waals surface area contributed by atoms with Crippen LogP contribution in [0.15, 0.2) is 41.8 Å². The number of nitrogens with one attached hydrogen (secondary N) is 1. The molecule has 0 aliphatic carbocycles. The number of rotatable bonds is 5. The van der Waals surface area contributed by atoms with E-state index in [9.17, 15) is 4.79 Å². The van der Waals surface area contributed by atoms with Crippen molar-refractivity contribution in [3.8, 4) is 0 Å². The molecular formula is C17H20N2O2S2. The minimum Gasteiger partial charge on any atom is -0.462 e. The number of thiocarbonyl (C=S) groups is 1. The second-order valence-corrected chi connectivity index (χ2v) is 6.40. The van der Waals surface area contributed by atoms with E-state index in [4.69, 9.17) is 17.0 Å². The topological polar surface area (TPSA) is 41.6 Å². The summed E-state index contributed by atoms with van der Waals surface area (Å²) >= 11 is 7.18. The van der Waals surface area contributed by atoms with Crippen molar-refractivity contribution in [2.24, 2.45) is 0 Å². The van der Waals surface area contributed by atoms with Crippen LogP contribution in [0.5, 0.6) is 0 Å². The van der Waals surface area contributed by atoms with Gasteiger partial charge in [0.1, 0.15) is 0 Å². The van der Waals surface area contributed by atoms with Gasteiger partial charge in [-0.1, -0.05) is 6.07 Å². The van der Waals surface area contributed by atoms with Crippen molar-refractivity contribution in [2.45, 2.75) is 19.9 Å². The molecule has 4 nitrogen and oxygen atoms in total. The molecule has 0 bridgehead atoms. The molecular weight excluding hydrogens is 328 g/mol. The molecule has 1 N–H and O–H groups in total. The largest absolute Gasteiger partial charge is 0.462 e. The van der Waals surface area contributed by atoms with Crippen LogP contribution in [-0.4, -0.2) is 29.6 Å². The number of thiophene rings is 1. The summed E-state index contributed by atoms with van der Waals surface area (Å²) in [5, 5.41) is 5.89. The standard InChI is InChI=1S/C17H20N2O2S2/c1-4-21-16(20)13-7-9-14(10-8-13)18-17(22)19(3)12(2)15-6-5-11-23-15/h5-12H,4H2,1-3H3,(H,18,22). The Morgan fingerprint density at radius 1 is 1.35 bits per heavy atom. The molecule has 2 aromatic rings. The first-order chi connectivity index (χ1) is 11.0. The van der Waals surface area contributed by atoms with Crippen LogP contribution in [0.25, 0.3) is 0 Å². The van der Waals surface area contributed by atoms with Gasteiger partial charge in [-0.2, -0.15) is 0 Å². The molecule has 122 valence electrons. The van der Waals surface area contributed by atoms with Gasteiger partial charge in [0.2, 0.25) is 0 Å². The molecule has 6 heteroatoms. The zero-order valence-electron chi connectivity index (χ0n) is 13.4. The first-order valence-electron chi connectivity index (χ1n) is 7.37. The molecule has 1 unspecified atom stereocenters. The van der Waals surface area contributed by atoms with Crippen LogP contribution < -0.4 is 5.32 Å². The Labute approximate surface area is 146 Å². The van der Waals surface area contributed by atoms with Crippen molar-refractivity contribution in [2.75, 3.05) is 19.0 Å². The van der Waals surface area contributed by atoms with E-state index in [1.165, 1.54) is 4.88 Å². The van der Waals surface area contributed by atoms with Crippen molar-refractivity contribution in [1.82, 2.24) is 4.90 Å². The fourth-order valence-electron chi connectivity index (χ4n) is 2.01. The number of carbonyl (C=O) groups excluding carboxylic acids is 1. The van der Waals surface area contributed by atoms with E-state index in [1.54, 1.807) is 30.4 Å². The number of carbonyl (C=O) groups is 1. The quantitative estimate of drug-likeness (QED) is 0.644. The van der Waals surface area contributed by atoms with Gasteiger partial charge < -0.3 is 15.0 Å². The molecule has 0 aliphatic heterocycles. The van der Waals surface area contributed by atoms with Gasteiger partial charge in [0.25, 0.3) is 0 Å². The first-order valence-corrected chi connectivity index (χ1v) is 8.66. The zero-order valence-corrected chi connectivity index (χ0v) is 15.0. The van der Waals surface area contributed by atoms with Crippen LogP contribution in [0.3, 0.4) is 0 Å². The molecule has 0 saturated carbocycles. The summed E-state index contributed by atoms with van der Waals surface area (Å²) < 4.78 is 4.97. The molecule has 0 saturated heterocycles. The van der Waals surface area contributed by atoms with Gasteiger partial charge in [-0.05, 0) is 61.8 Å². The zero-order chi connectivity index (χ0) is 16.8. The second-order valence-electron chi connectivity index (χ2n) is 5.03. The van der Waals surface area contributed by atoms with E-state index in [2.05, 4.69) is 23.7 Å². The highest BCUT2D eigenvalue weighted by molar-refractivity contribution is 7.80. The Hall–Kier alpha value is -1.92. The number of nitrogens with zero attached hydrogens (tertiary/aromatic N) is 1. The lowest BCUT2D eigenvalue weighted by atomic mass is 10.2. The molecule has 0 aliphatic rings. The predicted molar refractivity (Wildman–Crippen MR) is 99.1 cm³/mol. The summed E-state index contributed by atoms with van der Waals surface area (Å²) in [5.41, 5.74) is 1.37. The number of ether oxygens (including phenoxy) is 1. The first kappa shape index (κ1) is 17.4. The molecule has 1 atom stereocenters. The lowest BCUT2D eigenvalue weighted by Crippen LogP contribution is -2.33. The van der Waals surface area contributed by atoms with Crippen LogP contribution in [0.2, 0.25) is 0 Å². The monoisotopic (exact) mass is 348 g/mol. The third-order valence-electron chi connectivity index (χ3n) is 3.50. The molecule has 0 amide bonds. The highest BCUT2D eigenvalue weighted by Gasteiger charge is 2.15. The summed E-state index contributed by atoms with van der Waals surface area (Å²) in [5.74, 6) is -0.315. The highest BCUT2D eigenvalue weighted by atomic mass is 32.1. The maximum absolute atomic E-state index is 11.6. The van der Waals surface area contributed by atoms with Gasteiger partial charge in [0, 0.05) is 17.6 Å². The normalized spacial score (nSPS) is 11.6. The maximum Gasteiger partial charge on any atom is 0.338 e. The van der Waals surface area contributed by atoms with Crippen molar-refractivity contribution in [3.63, 3.8) is 0 Å². The van der Waals surface area contributed by atoms with Crippen LogP contribution in [-0.2, 0) is 4.74 Å². The maximum atomic E-state index is 11.6. The van der Waals surface area contributed by atoms with E-state index in [1.807, 2.05) is 30.1 Å². The Morgan fingerprint density at radius 3 is 2.61 bits per heavy atom. The molecule has 0 fully saturated rings. The van der Waals surface area contributed by atoms with Crippen molar-refractivity contribution in [3.05, 3.63) is 52.2 Å². The lowest BCUT2D eigenvalue weighted by molar-refractivity contribution is 0.0526. The van der Waals surface area contributed by atoms with E-state index in [-0.39, 0.29) is 12.0 Å².